The van der Waals surface area contributed by atoms with E-state index in [1.54, 1.807) is 0 Å². The number of hydrogen-bond donors (Lipinski definition) is 0. The van der Waals surface area contributed by atoms with Crippen LogP contribution >= 0.6 is 0 Å². The molecule has 0 unspecified atom stereocenters. The van der Waals surface area contributed by atoms with Crippen LogP contribution in [-0.4, -0.2) is 11.1 Å². The van der Waals surface area contributed by atoms with Crippen molar-refractivity contribution in [3.63, 3.8) is 0 Å². The third kappa shape index (κ3) is 2.84. The Kier molecular flexibility index (Phi) is 3.43. The zero-order valence-electron chi connectivity index (χ0n) is 10.5. The van der Waals surface area contributed by atoms with Gasteiger partial charge in [-0.1, -0.05) is 12.1 Å². The maximum absolute atomic E-state index is 5.62. The molecular weight excluding hydrogens is 210 g/mol. The number of ether oxygens (including phenoxy) is 1. The summed E-state index contributed by atoms with van der Waals surface area (Å²) >= 11 is 0. The van der Waals surface area contributed by atoms with Crippen molar-refractivity contribution in [1.82, 2.24) is 4.98 Å². The number of pyridine rings is 1. The quantitative estimate of drug-likeness (QED) is 0.794. The summed E-state index contributed by atoms with van der Waals surface area (Å²) in [5.41, 5.74) is 3.60. The molecule has 0 N–H and O–H groups in total. The van der Waals surface area contributed by atoms with Crippen molar-refractivity contribution in [3.8, 4) is 16.9 Å². The van der Waals surface area contributed by atoms with Crippen molar-refractivity contribution in [2.24, 2.45) is 0 Å². The van der Waals surface area contributed by atoms with Gasteiger partial charge in [0.2, 0.25) is 0 Å². The van der Waals surface area contributed by atoms with E-state index in [0.29, 0.717) is 0 Å². The Morgan fingerprint density at radius 1 is 1.06 bits per heavy atom. The molecule has 2 rings (SSSR count). The average molecular weight is 227 g/mol. The van der Waals surface area contributed by atoms with Crippen molar-refractivity contribution >= 4 is 0 Å². The summed E-state index contributed by atoms with van der Waals surface area (Å²) in [5, 5.41) is 0. The second kappa shape index (κ2) is 5.00. The van der Waals surface area contributed by atoms with Crippen LogP contribution in [0.4, 0.5) is 0 Å². The summed E-state index contributed by atoms with van der Waals surface area (Å²) in [4.78, 5) is 4.10. The van der Waals surface area contributed by atoms with Gasteiger partial charge >= 0.3 is 0 Å². The van der Waals surface area contributed by atoms with E-state index in [4.69, 9.17) is 4.74 Å². The minimum atomic E-state index is 0.212. The second-order valence-corrected chi connectivity index (χ2v) is 4.38. The molecule has 17 heavy (non-hydrogen) atoms. The van der Waals surface area contributed by atoms with Crippen LogP contribution in [0.25, 0.3) is 11.1 Å². The fourth-order valence-corrected chi connectivity index (χ4v) is 1.78. The summed E-state index contributed by atoms with van der Waals surface area (Å²) in [5.74, 6) is 0.912. The minimum absolute atomic E-state index is 0.212. The smallest absolute Gasteiger partial charge is 0.119 e. The number of rotatable bonds is 3. The van der Waals surface area contributed by atoms with Crippen LogP contribution in [0.3, 0.4) is 0 Å². The average Bonchev–Trinajstić information content (AvgIpc) is 2.30. The third-order valence-electron chi connectivity index (χ3n) is 2.56. The van der Waals surface area contributed by atoms with E-state index in [1.807, 2.05) is 44.4 Å². The molecule has 0 bridgehead atoms. The van der Waals surface area contributed by atoms with E-state index >= 15 is 0 Å². The lowest BCUT2D eigenvalue weighted by molar-refractivity contribution is 0.242. The van der Waals surface area contributed by atoms with Crippen molar-refractivity contribution < 1.29 is 4.74 Å². The number of nitrogens with zero attached hydrogens (tertiary/aromatic N) is 1. The maximum atomic E-state index is 5.62. The molecule has 1 aromatic carbocycles. The summed E-state index contributed by atoms with van der Waals surface area (Å²) < 4.78 is 5.62. The van der Waals surface area contributed by atoms with E-state index < -0.39 is 0 Å². The van der Waals surface area contributed by atoms with E-state index in [0.717, 1.165) is 5.75 Å². The molecule has 0 aliphatic carbocycles. The van der Waals surface area contributed by atoms with Crippen LogP contribution in [0.1, 0.15) is 19.4 Å². The van der Waals surface area contributed by atoms with Gasteiger partial charge in [0.1, 0.15) is 5.75 Å². The van der Waals surface area contributed by atoms with Gasteiger partial charge in [-0.05, 0) is 55.7 Å². The molecule has 0 spiro atoms. The molecule has 2 nitrogen and oxygen atoms in total. The van der Waals surface area contributed by atoms with Gasteiger partial charge in [-0.2, -0.15) is 0 Å². The molecule has 1 heterocycles. The first-order valence-electron chi connectivity index (χ1n) is 5.84. The topological polar surface area (TPSA) is 22.1 Å². The Morgan fingerprint density at radius 2 is 1.76 bits per heavy atom. The highest BCUT2D eigenvalue weighted by Gasteiger charge is 2.02. The Labute approximate surface area is 102 Å². The van der Waals surface area contributed by atoms with Gasteiger partial charge < -0.3 is 4.74 Å². The predicted octanol–water partition coefficient (Wildman–Crippen LogP) is 3.84. The zero-order valence-corrected chi connectivity index (χ0v) is 10.5. The van der Waals surface area contributed by atoms with E-state index in [2.05, 4.69) is 24.0 Å². The van der Waals surface area contributed by atoms with Crippen LogP contribution in [0.15, 0.2) is 42.7 Å². The lowest BCUT2D eigenvalue weighted by Gasteiger charge is -2.10. The molecule has 0 radical (unpaired) electrons. The Hall–Kier alpha value is -1.83. The molecule has 88 valence electrons. The van der Waals surface area contributed by atoms with Crippen LogP contribution in [0.2, 0.25) is 0 Å². The minimum Gasteiger partial charge on any atom is -0.491 e. The zero-order chi connectivity index (χ0) is 12.3. The number of aromatic nitrogens is 1. The summed E-state index contributed by atoms with van der Waals surface area (Å²) in [6, 6.07) is 10.2. The largest absolute Gasteiger partial charge is 0.491 e. The van der Waals surface area contributed by atoms with Gasteiger partial charge in [0.05, 0.1) is 6.10 Å². The van der Waals surface area contributed by atoms with Gasteiger partial charge in [-0.25, -0.2) is 0 Å². The van der Waals surface area contributed by atoms with Crippen LogP contribution in [-0.2, 0) is 0 Å². The van der Waals surface area contributed by atoms with Gasteiger partial charge in [0.25, 0.3) is 0 Å². The molecule has 0 aliphatic rings. The Morgan fingerprint density at radius 3 is 2.35 bits per heavy atom. The van der Waals surface area contributed by atoms with Crippen molar-refractivity contribution in [3.05, 3.63) is 48.3 Å². The molecule has 0 amide bonds. The number of hydrogen-bond acceptors (Lipinski definition) is 2. The molecule has 2 aromatic rings. The highest BCUT2D eigenvalue weighted by molar-refractivity contribution is 5.66. The van der Waals surface area contributed by atoms with Crippen LogP contribution in [0.5, 0.6) is 5.75 Å². The molecule has 1 aromatic heterocycles. The van der Waals surface area contributed by atoms with Crippen LogP contribution < -0.4 is 4.74 Å². The third-order valence-corrected chi connectivity index (χ3v) is 2.56. The molecule has 0 fully saturated rings. The van der Waals surface area contributed by atoms with E-state index in [-0.39, 0.29) is 6.10 Å². The number of aryl methyl sites for hydroxylation is 1. The van der Waals surface area contributed by atoms with E-state index in [1.165, 1.54) is 16.7 Å². The monoisotopic (exact) mass is 227 g/mol. The van der Waals surface area contributed by atoms with Crippen molar-refractivity contribution in [2.45, 2.75) is 26.9 Å². The fraction of sp³-hybridized carbons (Fsp3) is 0.267. The first-order valence-corrected chi connectivity index (χ1v) is 5.84. The molecule has 0 saturated carbocycles. The highest BCUT2D eigenvalue weighted by Crippen LogP contribution is 2.24. The Balaban J connectivity index is 2.27. The SMILES string of the molecule is Cc1cnccc1-c1ccc(OC(C)C)cc1. The lowest BCUT2D eigenvalue weighted by atomic mass is 10.0. The van der Waals surface area contributed by atoms with Gasteiger partial charge in [0.15, 0.2) is 0 Å². The molecule has 0 atom stereocenters. The lowest BCUT2D eigenvalue weighted by Crippen LogP contribution is -2.05. The van der Waals surface area contributed by atoms with Crippen molar-refractivity contribution in [2.75, 3.05) is 0 Å². The molecule has 2 heteroatoms. The van der Waals surface area contributed by atoms with Crippen LogP contribution in [0, 0.1) is 6.92 Å². The number of benzene rings is 1. The fourth-order valence-electron chi connectivity index (χ4n) is 1.78. The first kappa shape index (κ1) is 11.6. The van der Waals surface area contributed by atoms with Gasteiger partial charge in [0, 0.05) is 12.4 Å². The highest BCUT2D eigenvalue weighted by atomic mass is 16.5. The molecular formula is C15H17NO. The van der Waals surface area contributed by atoms with E-state index in [9.17, 15) is 0 Å². The Bertz CT molecular complexity index is 489. The summed E-state index contributed by atoms with van der Waals surface area (Å²) in [6.07, 6.45) is 3.91. The standard InChI is InChI=1S/C15H17NO/c1-11(2)17-14-6-4-13(5-7-14)15-8-9-16-10-12(15)3/h4-11H,1-3H3. The summed E-state index contributed by atoms with van der Waals surface area (Å²) in [6.45, 7) is 6.13. The molecule has 0 saturated heterocycles. The normalized spacial score (nSPS) is 10.6. The van der Waals surface area contributed by atoms with Gasteiger partial charge in [-0.3, -0.25) is 4.98 Å². The maximum Gasteiger partial charge on any atom is 0.119 e. The van der Waals surface area contributed by atoms with Gasteiger partial charge in [-0.15, -0.1) is 0 Å². The second-order valence-electron chi connectivity index (χ2n) is 4.38. The molecule has 0 aliphatic heterocycles. The summed E-state index contributed by atoms with van der Waals surface area (Å²) in [7, 11) is 0. The predicted molar refractivity (Wildman–Crippen MR) is 70.2 cm³/mol. The first-order chi connectivity index (χ1) is 8.16. The van der Waals surface area contributed by atoms with Crippen molar-refractivity contribution in [1.29, 1.82) is 0 Å².